The maximum Gasteiger partial charge on any atom is 0.0541 e. The van der Waals surface area contributed by atoms with Crippen LogP contribution in [0, 0.1) is 0 Å². The lowest BCUT2D eigenvalue weighted by atomic mass is 9.93. The monoisotopic (exact) mass is 794 g/mol. The summed E-state index contributed by atoms with van der Waals surface area (Å²) in [6, 6.07) is 72.2. The Morgan fingerprint density at radius 1 is 0.426 bits per heavy atom. The van der Waals surface area contributed by atoms with Crippen LogP contribution in [0.3, 0.4) is 0 Å². The average Bonchev–Trinajstić information content (AvgIpc) is 3.87. The second-order valence-electron chi connectivity index (χ2n) is 16.3. The van der Waals surface area contributed by atoms with Gasteiger partial charge < -0.3 is 9.47 Å². The summed E-state index contributed by atoms with van der Waals surface area (Å²) in [5, 5.41) is 14.0. The fourth-order valence-corrected chi connectivity index (χ4v) is 11.5. The van der Waals surface area contributed by atoms with E-state index in [4.69, 9.17) is 0 Å². The summed E-state index contributed by atoms with van der Waals surface area (Å²) in [5.74, 6) is 0. The fraction of sp³-hybridized carbons (Fsp3) is 0.0345. The van der Waals surface area contributed by atoms with Gasteiger partial charge in [-0.15, -0.1) is 11.3 Å². The van der Waals surface area contributed by atoms with Crippen LogP contribution >= 0.6 is 11.3 Å². The molecule has 0 unspecified atom stereocenters. The van der Waals surface area contributed by atoms with Gasteiger partial charge in [-0.3, -0.25) is 0 Å². The van der Waals surface area contributed by atoms with Crippen LogP contribution < -0.4 is 4.90 Å². The van der Waals surface area contributed by atoms with Crippen LogP contribution in [-0.4, -0.2) is 4.57 Å². The molecular formula is C58H38N2S. The molecule has 0 spiro atoms. The molecule has 0 aliphatic heterocycles. The molecule has 2 nitrogen and oxygen atoms in total. The molecule has 0 amide bonds. The molecule has 3 heteroatoms. The van der Waals surface area contributed by atoms with Gasteiger partial charge in [-0.05, 0) is 145 Å². The number of para-hydroxylation sites is 2. The number of benzene rings is 10. The zero-order chi connectivity index (χ0) is 40.0. The zero-order valence-corrected chi connectivity index (χ0v) is 34.2. The summed E-state index contributed by atoms with van der Waals surface area (Å²) >= 11 is 1.91. The minimum Gasteiger partial charge on any atom is -0.310 e. The number of rotatable bonds is 5. The van der Waals surface area contributed by atoms with Crippen LogP contribution in [0.2, 0.25) is 0 Å². The quantitative estimate of drug-likeness (QED) is 0.158. The van der Waals surface area contributed by atoms with Gasteiger partial charge >= 0.3 is 0 Å². The predicted molar refractivity (Wildman–Crippen MR) is 264 cm³/mol. The number of allylic oxidation sites excluding steroid dienone is 1. The smallest absolute Gasteiger partial charge is 0.0541 e. The minimum absolute atomic E-state index is 1.08. The van der Waals surface area contributed by atoms with E-state index >= 15 is 0 Å². The van der Waals surface area contributed by atoms with Crippen molar-refractivity contribution in [2.75, 3.05) is 4.90 Å². The van der Waals surface area contributed by atoms with E-state index in [0.29, 0.717) is 0 Å². The first-order valence-electron chi connectivity index (χ1n) is 21.2. The maximum absolute atomic E-state index is 2.51. The van der Waals surface area contributed by atoms with E-state index in [2.05, 4.69) is 216 Å². The van der Waals surface area contributed by atoms with Crippen molar-refractivity contribution < 1.29 is 0 Å². The van der Waals surface area contributed by atoms with Crippen molar-refractivity contribution in [2.45, 2.75) is 12.8 Å². The molecule has 2 heterocycles. The van der Waals surface area contributed by atoms with E-state index in [0.717, 1.165) is 24.2 Å². The molecule has 61 heavy (non-hydrogen) atoms. The van der Waals surface area contributed by atoms with Crippen molar-refractivity contribution >= 4 is 109 Å². The van der Waals surface area contributed by atoms with Gasteiger partial charge in [0.25, 0.3) is 0 Å². The van der Waals surface area contributed by atoms with E-state index < -0.39 is 0 Å². The molecule has 1 aliphatic carbocycles. The minimum atomic E-state index is 1.08. The van der Waals surface area contributed by atoms with Gasteiger partial charge in [-0.1, -0.05) is 133 Å². The van der Waals surface area contributed by atoms with E-state index in [1.54, 1.807) is 0 Å². The van der Waals surface area contributed by atoms with Crippen LogP contribution in [0.15, 0.2) is 200 Å². The van der Waals surface area contributed by atoms with Crippen molar-refractivity contribution in [2.24, 2.45) is 0 Å². The molecule has 0 radical (unpaired) electrons. The molecule has 12 aromatic rings. The van der Waals surface area contributed by atoms with E-state index in [1.807, 2.05) is 11.3 Å². The summed E-state index contributed by atoms with van der Waals surface area (Å²) < 4.78 is 3.74. The SMILES string of the molecule is C1=Cc2sc3ccc(N(c4ccc5c6ccccc6c6ccccc6c5c4)c4ccc(-c5ccc6c(c5)c5ccccc5n6-c5ccccc5)c5ccccc45)cc3c2CC1. The number of aryl methyl sites for hydroxylation is 1. The Hall–Kier alpha value is -7.46. The van der Waals surface area contributed by atoms with Crippen molar-refractivity contribution in [1.82, 2.24) is 4.57 Å². The third-order valence-corrected chi connectivity index (χ3v) is 14.2. The first-order chi connectivity index (χ1) is 30.3. The highest BCUT2D eigenvalue weighted by molar-refractivity contribution is 7.20. The number of hydrogen-bond acceptors (Lipinski definition) is 2. The summed E-state index contributed by atoms with van der Waals surface area (Å²) in [6.07, 6.45) is 6.81. The van der Waals surface area contributed by atoms with Crippen LogP contribution in [-0.2, 0) is 6.42 Å². The largest absolute Gasteiger partial charge is 0.310 e. The predicted octanol–water partition coefficient (Wildman–Crippen LogP) is 16.7. The fourth-order valence-electron chi connectivity index (χ4n) is 10.3. The molecule has 0 saturated carbocycles. The lowest BCUT2D eigenvalue weighted by Gasteiger charge is -2.28. The van der Waals surface area contributed by atoms with Gasteiger partial charge in [0.15, 0.2) is 0 Å². The van der Waals surface area contributed by atoms with Gasteiger partial charge in [0.2, 0.25) is 0 Å². The molecule has 0 fully saturated rings. The Bertz CT molecular complexity index is 3740. The molecule has 0 saturated heterocycles. The number of aromatic nitrogens is 1. The lowest BCUT2D eigenvalue weighted by Crippen LogP contribution is -2.11. The van der Waals surface area contributed by atoms with Gasteiger partial charge in [0.05, 0.1) is 16.7 Å². The summed E-state index contributed by atoms with van der Waals surface area (Å²) in [7, 11) is 0. The molecular weight excluding hydrogens is 757 g/mol. The number of thiophene rings is 1. The second kappa shape index (κ2) is 13.5. The molecule has 0 N–H and O–H groups in total. The van der Waals surface area contributed by atoms with Crippen LogP contribution in [0.4, 0.5) is 17.1 Å². The average molecular weight is 795 g/mol. The van der Waals surface area contributed by atoms with Crippen LogP contribution in [0.25, 0.3) is 97.9 Å². The van der Waals surface area contributed by atoms with E-state index in [-0.39, 0.29) is 0 Å². The van der Waals surface area contributed by atoms with Gasteiger partial charge in [-0.2, -0.15) is 0 Å². The number of anilines is 3. The normalized spacial score (nSPS) is 12.7. The molecule has 286 valence electrons. The van der Waals surface area contributed by atoms with Crippen molar-refractivity contribution in [1.29, 1.82) is 0 Å². The highest BCUT2D eigenvalue weighted by atomic mass is 32.1. The molecule has 10 aromatic carbocycles. The van der Waals surface area contributed by atoms with Crippen molar-refractivity contribution in [3.8, 4) is 16.8 Å². The third kappa shape index (κ3) is 5.27. The number of nitrogens with zero attached hydrogens (tertiary/aromatic N) is 2. The summed E-state index contributed by atoms with van der Waals surface area (Å²) in [6.45, 7) is 0. The van der Waals surface area contributed by atoms with Crippen LogP contribution in [0.1, 0.15) is 16.9 Å². The van der Waals surface area contributed by atoms with Gasteiger partial charge in [0.1, 0.15) is 0 Å². The Labute approximate surface area is 357 Å². The van der Waals surface area contributed by atoms with Crippen LogP contribution in [0.5, 0.6) is 0 Å². The first-order valence-corrected chi connectivity index (χ1v) is 22.0. The summed E-state index contributed by atoms with van der Waals surface area (Å²) in [4.78, 5) is 3.90. The standard InChI is InChI=1S/C58H38N2S/c1-2-14-38(15-3-1)60-54-24-12-10-22-49(54)52-34-37(26-31-56(52)60)41-30-32-55(48-21-9-8-16-42(41)48)59(40-28-33-58-53(36-40)50-23-11-13-25-57(50)61-58)39-27-29-47-45-19-5-4-17-43(45)44-18-6-7-20-46(44)51(47)35-39/h1-10,12-22,24-36H,11,23H2. The number of fused-ring (bicyclic) bond motifs is 13. The topological polar surface area (TPSA) is 8.17 Å². The van der Waals surface area contributed by atoms with Gasteiger partial charge in [0, 0.05) is 42.8 Å². The molecule has 0 atom stereocenters. The Morgan fingerprint density at radius 2 is 1.03 bits per heavy atom. The molecule has 0 bridgehead atoms. The third-order valence-electron chi connectivity index (χ3n) is 13.0. The lowest BCUT2D eigenvalue weighted by molar-refractivity contribution is 1.01. The Kier molecular flexibility index (Phi) is 7.64. The Morgan fingerprint density at radius 3 is 1.80 bits per heavy atom. The van der Waals surface area contributed by atoms with E-state index in [9.17, 15) is 0 Å². The van der Waals surface area contributed by atoms with E-state index in [1.165, 1.54) is 108 Å². The molecule has 1 aliphatic rings. The van der Waals surface area contributed by atoms with Crippen molar-refractivity contribution in [3.05, 3.63) is 211 Å². The Balaban J connectivity index is 1.05. The first kappa shape index (κ1) is 34.4. The molecule has 2 aromatic heterocycles. The highest BCUT2D eigenvalue weighted by Gasteiger charge is 2.22. The maximum atomic E-state index is 2.51. The number of hydrogen-bond donors (Lipinski definition) is 0. The van der Waals surface area contributed by atoms with Crippen molar-refractivity contribution in [3.63, 3.8) is 0 Å². The zero-order valence-electron chi connectivity index (χ0n) is 33.3. The van der Waals surface area contributed by atoms with Gasteiger partial charge in [-0.25, -0.2) is 0 Å². The molecule has 13 rings (SSSR count). The second-order valence-corrected chi connectivity index (χ2v) is 17.4. The summed E-state index contributed by atoms with van der Waals surface area (Å²) in [5.41, 5.74) is 11.0. The highest BCUT2D eigenvalue weighted by Crippen LogP contribution is 2.47.